The van der Waals surface area contributed by atoms with Crippen LogP contribution in [0.25, 0.3) is 0 Å². The highest BCUT2D eigenvalue weighted by atomic mass is 32.1. The lowest BCUT2D eigenvalue weighted by Gasteiger charge is -2.29. The van der Waals surface area contributed by atoms with Crippen molar-refractivity contribution in [3.05, 3.63) is 0 Å². The molecule has 13 heavy (non-hydrogen) atoms. The SMILES string of the molecule is FC(F)(F)C(S)CN1CCOCC1. The Hall–Kier alpha value is 0.0600. The van der Waals surface area contributed by atoms with Gasteiger partial charge in [0, 0.05) is 19.6 Å². The van der Waals surface area contributed by atoms with Crippen LogP contribution in [-0.4, -0.2) is 49.2 Å². The normalized spacial score (nSPS) is 23.1. The third-order valence-corrected chi connectivity index (χ3v) is 2.37. The number of hydrogen-bond donors (Lipinski definition) is 1. The number of halogens is 3. The fraction of sp³-hybridized carbons (Fsp3) is 1.00. The smallest absolute Gasteiger partial charge is 0.379 e. The zero-order chi connectivity index (χ0) is 9.90. The predicted molar refractivity (Wildman–Crippen MR) is 46.1 cm³/mol. The Morgan fingerprint density at radius 1 is 1.31 bits per heavy atom. The van der Waals surface area contributed by atoms with Crippen molar-refractivity contribution in [2.45, 2.75) is 11.4 Å². The quantitative estimate of drug-likeness (QED) is 0.694. The van der Waals surface area contributed by atoms with Crippen molar-refractivity contribution >= 4 is 12.6 Å². The number of rotatable bonds is 2. The second kappa shape index (κ2) is 4.52. The van der Waals surface area contributed by atoms with Crippen LogP contribution in [0, 0.1) is 0 Å². The van der Waals surface area contributed by atoms with Crippen LogP contribution in [0.1, 0.15) is 0 Å². The van der Waals surface area contributed by atoms with Gasteiger partial charge in [-0.05, 0) is 0 Å². The summed E-state index contributed by atoms with van der Waals surface area (Å²) in [5, 5.41) is -1.55. The number of hydrogen-bond acceptors (Lipinski definition) is 3. The van der Waals surface area contributed by atoms with Crippen molar-refractivity contribution in [3.8, 4) is 0 Å². The molecule has 1 heterocycles. The highest BCUT2D eigenvalue weighted by molar-refractivity contribution is 7.81. The van der Waals surface area contributed by atoms with Crippen LogP contribution < -0.4 is 0 Å². The fourth-order valence-electron chi connectivity index (χ4n) is 1.13. The average molecular weight is 215 g/mol. The molecule has 1 fully saturated rings. The maximum Gasteiger partial charge on any atom is 0.401 e. The second-order valence-electron chi connectivity index (χ2n) is 2.97. The van der Waals surface area contributed by atoms with Crippen molar-refractivity contribution in [2.75, 3.05) is 32.8 Å². The van der Waals surface area contributed by atoms with E-state index >= 15 is 0 Å². The highest BCUT2D eigenvalue weighted by Gasteiger charge is 2.37. The van der Waals surface area contributed by atoms with Crippen LogP contribution in [0.5, 0.6) is 0 Å². The van der Waals surface area contributed by atoms with Crippen molar-refractivity contribution < 1.29 is 17.9 Å². The molecule has 0 aromatic rings. The summed E-state index contributed by atoms with van der Waals surface area (Å²) in [4.78, 5) is 1.72. The largest absolute Gasteiger partial charge is 0.401 e. The lowest BCUT2D eigenvalue weighted by atomic mass is 10.3. The van der Waals surface area contributed by atoms with Crippen molar-refractivity contribution in [2.24, 2.45) is 0 Å². The summed E-state index contributed by atoms with van der Waals surface area (Å²) in [6.07, 6.45) is -4.21. The van der Waals surface area contributed by atoms with Gasteiger partial charge in [0.1, 0.15) is 5.25 Å². The van der Waals surface area contributed by atoms with E-state index in [4.69, 9.17) is 4.74 Å². The van der Waals surface area contributed by atoms with E-state index in [0.29, 0.717) is 26.3 Å². The maximum atomic E-state index is 12.1. The molecular weight excluding hydrogens is 203 g/mol. The van der Waals surface area contributed by atoms with Gasteiger partial charge in [-0.15, -0.1) is 0 Å². The summed E-state index contributed by atoms with van der Waals surface area (Å²) in [5.41, 5.74) is 0. The molecular formula is C7H12F3NOS. The molecule has 0 saturated carbocycles. The summed E-state index contributed by atoms with van der Waals surface area (Å²) in [5.74, 6) is 0. The molecule has 0 radical (unpaired) electrons. The first kappa shape index (κ1) is 11.1. The Morgan fingerprint density at radius 3 is 2.31 bits per heavy atom. The molecule has 1 atom stereocenters. The summed E-state index contributed by atoms with van der Waals surface area (Å²) in [7, 11) is 0. The van der Waals surface area contributed by atoms with Crippen molar-refractivity contribution in [3.63, 3.8) is 0 Å². The van der Waals surface area contributed by atoms with E-state index in [9.17, 15) is 13.2 Å². The first-order valence-corrected chi connectivity index (χ1v) is 4.56. The highest BCUT2D eigenvalue weighted by Crippen LogP contribution is 2.25. The van der Waals surface area contributed by atoms with Crippen molar-refractivity contribution in [1.29, 1.82) is 0 Å². The van der Waals surface area contributed by atoms with Crippen LogP contribution in [-0.2, 0) is 4.74 Å². The molecule has 1 aliphatic rings. The van der Waals surface area contributed by atoms with Crippen LogP contribution in [0.15, 0.2) is 0 Å². The van der Waals surface area contributed by atoms with Gasteiger partial charge in [0.2, 0.25) is 0 Å². The monoisotopic (exact) mass is 215 g/mol. The molecule has 0 aromatic heterocycles. The molecule has 0 aliphatic carbocycles. The van der Waals surface area contributed by atoms with E-state index < -0.39 is 11.4 Å². The van der Waals surface area contributed by atoms with Gasteiger partial charge in [-0.2, -0.15) is 25.8 Å². The molecule has 78 valence electrons. The zero-order valence-corrected chi connectivity index (χ0v) is 7.94. The Bertz CT molecular complexity index is 158. The van der Waals surface area contributed by atoms with Gasteiger partial charge in [0.15, 0.2) is 0 Å². The zero-order valence-electron chi connectivity index (χ0n) is 7.05. The molecule has 1 aliphatic heterocycles. The molecule has 6 heteroatoms. The minimum atomic E-state index is -4.21. The lowest BCUT2D eigenvalue weighted by Crippen LogP contribution is -2.43. The Balaban J connectivity index is 2.30. The third-order valence-electron chi connectivity index (χ3n) is 1.91. The van der Waals surface area contributed by atoms with E-state index in [-0.39, 0.29) is 6.54 Å². The van der Waals surface area contributed by atoms with Crippen molar-refractivity contribution in [1.82, 2.24) is 4.90 Å². The molecule has 0 aromatic carbocycles. The first-order chi connectivity index (χ1) is 6.00. The average Bonchev–Trinajstić information content (AvgIpc) is 2.04. The minimum Gasteiger partial charge on any atom is -0.379 e. The molecule has 1 unspecified atom stereocenters. The molecule has 0 amide bonds. The van der Waals surface area contributed by atoms with Crippen LogP contribution in [0.3, 0.4) is 0 Å². The van der Waals surface area contributed by atoms with E-state index in [1.54, 1.807) is 4.90 Å². The van der Waals surface area contributed by atoms with Crippen LogP contribution >= 0.6 is 12.6 Å². The number of ether oxygens (including phenoxy) is 1. The first-order valence-electron chi connectivity index (χ1n) is 4.05. The molecule has 2 nitrogen and oxygen atoms in total. The Kier molecular flexibility index (Phi) is 3.87. The Labute approximate surface area is 80.4 Å². The molecule has 0 spiro atoms. The number of nitrogens with zero attached hydrogens (tertiary/aromatic N) is 1. The van der Waals surface area contributed by atoms with E-state index in [0.717, 1.165) is 0 Å². The maximum absolute atomic E-state index is 12.1. The predicted octanol–water partition coefficient (Wildman–Crippen LogP) is 1.18. The molecule has 0 bridgehead atoms. The van der Waals surface area contributed by atoms with Gasteiger partial charge in [0.05, 0.1) is 13.2 Å². The van der Waals surface area contributed by atoms with Gasteiger partial charge >= 0.3 is 6.18 Å². The summed E-state index contributed by atoms with van der Waals surface area (Å²) >= 11 is 3.51. The number of morpholine rings is 1. The van der Waals surface area contributed by atoms with E-state index in [2.05, 4.69) is 12.6 Å². The summed E-state index contributed by atoms with van der Waals surface area (Å²) in [6, 6.07) is 0. The molecule has 1 rings (SSSR count). The van der Waals surface area contributed by atoms with Gasteiger partial charge in [-0.1, -0.05) is 0 Å². The minimum absolute atomic E-state index is 0.0457. The lowest BCUT2D eigenvalue weighted by molar-refractivity contribution is -0.133. The number of alkyl halides is 3. The van der Waals surface area contributed by atoms with Crippen LogP contribution in [0.2, 0.25) is 0 Å². The summed E-state index contributed by atoms with van der Waals surface area (Å²) < 4.78 is 41.2. The third kappa shape index (κ3) is 3.74. The molecule has 0 N–H and O–H groups in total. The topological polar surface area (TPSA) is 12.5 Å². The summed E-state index contributed by atoms with van der Waals surface area (Å²) in [6.45, 7) is 2.10. The van der Waals surface area contributed by atoms with Crippen LogP contribution in [0.4, 0.5) is 13.2 Å². The second-order valence-corrected chi connectivity index (χ2v) is 3.59. The standard InChI is InChI=1S/C7H12F3NOS/c8-7(9,10)6(13)5-11-1-3-12-4-2-11/h6,13H,1-5H2. The Morgan fingerprint density at radius 2 is 1.85 bits per heavy atom. The number of thiol groups is 1. The van der Waals surface area contributed by atoms with Gasteiger partial charge in [-0.3, -0.25) is 4.90 Å². The van der Waals surface area contributed by atoms with E-state index in [1.165, 1.54) is 0 Å². The fourth-order valence-corrected chi connectivity index (χ4v) is 1.36. The van der Waals surface area contributed by atoms with Gasteiger partial charge < -0.3 is 4.74 Å². The van der Waals surface area contributed by atoms with Gasteiger partial charge in [-0.25, -0.2) is 0 Å². The van der Waals surface area contributed by atoms with Gasteiger partial charge in [0.25, 0.3) is 0 Å². The molecule has 1 saturated heterocycles. The van der Waals surface area contributed by atoms with E-state index in [1.807, 2.05) is 0 Å².